The van der Waals surface area contributed by atoms with Crippen LogP contribution in [0.3, 0.4) is 0 Å². The summed E-state index contributed by atoms with van der Waals surface area (Å²) in [7, 11) is 0. The monoisotopic (exact) mass is 454 g/mol. The Morgan fingerprint density at radius 3 is 2.42 bits per heavy atom. The van der Waals surface area contributed by atoms with Gasteiger partial charge in [-0.15, -0.1) is 0 Å². The number of benzene rings is 2. The average molecular weight is 455 g/mol. The predicted molar refractivity (Wildman–Crippen MR) is 105 cm³/mol. The molecule has 0 aliphatic carbocycles. The minimum absolute atomic E-state index is 0.184. The minimum atomic E-state index is -0.341. The van der Waals surface area contributed by atoms with E-state index in [1.54, 1.807) is 42.5 Å². The Hall–Kier alpha value is -1.86. The van der Waals surface area contributed by atoms with E-state index in [4.69, 9.17) is 11.6 Å². The molecule has 124 valence electrons. The molecule has 0 bridgehead atoms. The molecule has 0 aliphatic rings. The summed E-state index contributed by atoms with van der Waals surface area (Å²) in [6, 6.07) is 14.2. The van der Waals surface area contributed by atoms with E-state index in [0.717, 1.165) is 9.13 Å². The summed E-state index contributed by atoms with van der Waals surface area (Å²) in [5.41, 5.74) is 1.47. The topological polar surface area (TPSA) is 58.2 Å². The van der Waals surface area contributed by atoms with Crippen LogP contribution in [-0.2, 0) is 4.79 Å². The highest BCUT2D eigenvalue weighted by Gasteiger charge is 2.15. The third kappa shape index (κ3) is 5.07. The standard InChI is InChI=1S/C18H16ClIN2O2/c1-2-21-18(24)16(11-12-7-9-13(19)10-8-12)22-17(23)14-5-3-4-6-15(14)20/h3-11H,2H2,1H3,(H,21,24)(H,22,23). The summed E-state index contributed by atoms with van der Waals surface area (Å²) in [5.74, 6) is -0.668. The molecule has 24 heavy (non-hydrogen) atoms. The number of likely N-dealkylation sites (N-methyl/N-ethyl adjacent to an activating group) is 1. The van der Waals surface area contributed by atoms with E-state index in [1.807, 2.05) is 19.1 Å². The van der Waals surface area contributed by atoms with Gasteiger partial charge in [0.25, 0.3) is 11.8 Å². The van der Waals surface area contributed by atoms with E-state index in [-0.39, 0.29) is 17.5 Å². The van der Waals surface area contributed by atoms with E-state index < -0.39 is 0 Å². The summed E-state index contributed by atoms with van der Waals surface area (Å²) in [6.45, 7) is 2.29. The van der Waals surface area contributed by atoms with Crippen molar-refractivity contribution in [1.29, 1.82) is 0 Å². The number of hydrogen-bond donors (Lipinski definition) is 2. The van der Waals surface area contributed by atoms with Crippen LogP contribution in [0.15, 0.2) is 54.2 Å². The van der Waals surface area contributed by atoms with Crippen LogP contribution in [0.2, 0.25) is 5.02 Å². The van der Waals surface area contributed by atoms with Crippen molar-refractivity contribution >= 4 is 52.1 Å². The first-order valence-corrected chi connectivity index (χ1v) is 8.78. The Morgan fingerprint density at radius 1 is 1.12 bits per heavy atom. The van der Waals surface area contributed by atoms with Crippen molar-refractivity contribution in [2.75, 3.05) is 6.54 Å². The predicted octanol–water partition coefficient (Wildman–Crippen LogP) is 3.85. The number of halogens is 2. The SMILES string of the molecule is CCNC(=O)C(=Cc1ccc(Cl)cc1)NC(=O)c1ccccc1I. The largest absolute Gasteiger partial charge is 0.351 e. The van der Waals surface area contributed by atoms with Gasteiger partial charge in [0.2, 0.25) is 0 Å². The van der Waals surface area contributed by atoms with Gasteiger partial charge in [0.15, 0.2) is 0 Å². The Morgan fingerprint density at radius 2 is 1.79 bits per heavy atom. The normalized spacial score (nSPS) is 11.0. The third-order valence-electron chi connectivity index (χ3n) is 3.13. The minimum Gasteiger partial charge on any atom is -0.351 e. The summed E-state index contributed by atoms with van der Waals surface area (Å²) >= 11 is 7.96. The van der Waals surface area contributed by atoms with Crippen molar-refractivity contribution in [1.82, 2.24) is 10.6 Å². The summed E-state index contributed by atoms with van der Waals surface area (Å²) in [5, 5.41) is 6.00. The van der Waals surface area contributed by atoms with Gasteiger partial charge in [0.05, 0.1) is 5.56 Å². The van der Waals surface area contributed by atoms with E-state index in [9.17, 15) is 9.59 Å². The highest BCUT2D eigenvalue weighted by molar-refractivity contribution is 14.1. The maximum atomic E-state index is 12.5. The summed E-state index contributed by atoms with van der Waals surface area (Å²) in [6.07, 6.45) is 1.62. The fourth-order valence-electron chi connectivity index (χ4n) is 1.97. The fourth-order valence-corrected chi connectivity index (χ4v) is 2.73. The molecular formula is C18H16ClIN2O2. The van der Waals surface area contributed by atoms with E-state index in [0.29, 0.717) is 17.1 Å². The first-order chi connectivity index (χ1) is 11.5. The van der Waals surface area contributed by atoms with Gasteiger partial charge in [-0.25, -0.2) is 0 Å². The van der Waals surface area contributed by atoms with Crippen LogP contribution >= 0.6 is 34.2 Å². The van der Waals surface area contributed by atoms with Crippen LogP contribution in [0.25, 0.3) is 6.08 Å². The van der Waals surface area contributed by atoms with Crippen molar-refractivity contribution < 1.29 is 9.59 Å². The lowest BCUT2D eigenvalue weighted by Crippen LogP contribution is -2.35. The smallest absolute Gasteiger partial charge is 0.267 e. The van der Waals surface area contributed by atoms with Gasteiger partial charge in [-0.3, -0.25) is 9.59 Å². The molecular weight excluding hydrogens is 439 g/mol. The molecule has 0 spiro atoms. The molecule has 2 aromatic carbocycles. The quantitative estimate of drug-likeness (QED) is 0.533. The van der Waals surface area contributed by atoms with Gasteiger partial charge in [-0.2, -0.15) is 0 Å². The Kier molecular flexibility index (Phi) is 6.81. The number of rotatable bonds is 5. The van der Waals surface area contributed by atoms with Gasteiger partial charge in [0.1, 0.15) is 5.70 Å². The Labute approximate surface area is 159 Å². The molecule has 0 atom stereocenters. The van der Waals surface area contributed by atoms with Gasteiger partial charge in [-0.1, -0.05) is 35.9 Å². The zero-order valence-corrected chi connectivity index (χ0v) is 15.9. The molecule has 2 aromatic rings. The van der Waals surface area contributed by atoms with Crippen molar-refractivity contribution in [3.63, 3.8) is 0 Å². The molecule has 0 aromatic heterocycles. The van der Waals surface area contributed by atoms with Gasteiger partial charge in [0, 0.05) is 15.1 Å². The second-order valence-electron chi connectivity index (χ2n) is 4.90. The molecule has 0 radical (unpaired) electrons. The molecule has 2 N–H and O–H groups in total. The lowest BCUT2D eigenvalue weighted by Gasteiger charge is -2.11. The number of hydrogen-bond acceptors (Lipinski definition) is 2. The van der Waals surface area contributed by atoms with Crippen molar-refractivity contribution in [2.24, 2.45) is 0 Å². The molecule has 0 saturated carbocycles. The van der Waals surface area contributed by atoms with Crippen LogP contribution in [-0.4, -0.2) is 18.4 Å². The molecule has 0 saturated heterocycles. The first kappa shape index (κ1) is 18.5. The third-order valence-corrected chi connectivity index (χ3v) is 4.32. The maximum Gasteiger partial charge on any atom is 0.267 e. The van der Waals surface area contributed by atoms with Crippen molar-refractivity contribution in [3.05, 3.63) is 73.9 Å². The number of carbonyl (C=O) groups is 2. The van der Waals surface area contributed by atoms with Crippen molar-refractivity contribution in [2.45, 2.75) is 6.92 Å². The van der Waals surface area contributed by atoms with Crippen LogP contribution in [0.5, 0.6) is 0 Å². The Bertz CT molecular complexity index is 773. The van der Waals surface area contributed by atoms with Crippen LogP contribution < -0.4 is 10.6 Å². The number of amides is 2. The maximum absolute atomic E-state index is 12.5. The van der Waals surface area contributed by atoms with Crippen LogP contribution in [0.4, 0.5) is 0 Å². The van der Waals surface area contributed by atoms with E-state index in [1.165, 1.54) is 0 Å². The van der Waals surface area contributed by atoms with Crippen molar-refractivity contribution in [3.8, 4) is 0 Å². The zero-order valence-electron chi connectivity index (χ0n) is 13.0. The lowest BCUT2D eigenvalue weighted by molar-refractivity contribution is -0.117. The second kappa shape index (κ2) is 8.84. The van der Waals surface area contributed by atoms with E-state index in [2.05, 4.69) is 33.2 Å². The number of nitrogens with one attached hydrogen (secondary N) is 2. The van der Waals surface area contributed by atoms with Gasteiger partial charge >= 0.3 is 0 Å². The molecule has 2 amide bonds. The molecule has 0 aliphatic heterocycles. The lowest BCUT2D eigenvalue weighted by atomic mass is 10.1. The average Bonchev–Trinajstić information content (AvgIpc) is 2.56. The van der Waals surface area contributed by atoms with Gasteiger partial charge in [-0.05, 0) is 65.4 Å². The summed E-state index contributed by atoms with van der Waals surface area (Å²) < 4.78 is 0.814. The molecule has 0 fully saturated rings. The fraction of sp³-hybridized carbons (Fsp3) is 0.111. The first-order valence-electron chi connectivity index (χ1n) is 7.32. The van der Waals surface area contributed by atoms with Crippen LogP contribution in [0.1, 0.15) is 22.8 Å². The van der Waals surface area contributed by atoms with E-state index >= 15 is 0 Å². The highest BCUT2D eigenvalue weighted by Crippen LogP contribution is 2.14. The molecule has 4 nitrogen and oxygen atoms in total. The summed E-state index contributed by atoms with van der Waals surface area (Å²) in [4.78, 5) is 24.7. The molecule has 2 rings (SSSR count). The van der Waals surface area contributed by atoms with Gasteiger partial charge < -0.3 is 10.6 Å². The molecule has 0 heterocycles. The van der Waals surface area contributed by atoms with Crippen LogP contribution in [0, 0.1) is 3.57 Å². The number of carbonyl (C=O) groups excluding carboxylic acids is 2. The Balaban J connectivity index is 2.29. The molecule has 6 heteroatoms. The second-order valence-corrected chi connectivity index (χ2v) is 6.50. The zero-order chi connectivity index (χ0) is 17.5. The molecule has 0 unspecified atom stereocenters. The highest BCUT2D eigenvalue weighted by atomic mass is 127.